The van der Waals surface area contributed by atoms with Crippen LogP contribution in [-0.2, 0) is 9.84 Å². The van der Waals surface area contributed by atoms with Gasteiger partial charge in [-0.25, -0.2) is 8.42 Å². The predicted octanol–water partition coefficient (Wildman–Crippen LogP) is 5.12. The van der Waals surface area contributed by atoms with Gasteiger partial charge in [-0.1, -0.05) is 60.7 Å². The first-order valence-corrected chi connectivity index (χ1v) is 11.9. The standard InChI is InChI=1S/C26H24N2O4S/c27-21-15-11-19(12-16-21)25(31-23-7-3-1-4-8-23)33(29,30)26(20-13-17-22(28)18-14-20)32-24-9-5-2-6-10-24/h1-18,25-26H,27-28H2. The van der Waals surface area contributed by atoms with Gasteiger partial charge >= 0.3 is 0 Å². The second-order valence-electron chi connectivity index (χ2n) is 7.45. The van der Waals surface area contributed by atoms with Gasteiger partial charge in [0.2, 0.25) is 20.7 Å². The van der Waals surface area contributed by atoms with Gasteiger partial charge in [-0.2, -0.15) is 0 Å². The van der Waals surface area contributed by atoms with Crippen LogP contribution in [0.5, 0.6) is 11.5 Å². The molecular weight excluding hydrogens is 436 g/mol. The van der Waals surface area contributed by atoms with Gasteiger partial charge in [0.1, 0.15) is 11.5 Å². The lowest BCUT2D eigenvalue weighted by molar-refractivity contribution is 0.241. The maximum atomic E-state index is 14.1. The van der Waals surface area contributed by atoms with Crippen molar-refractivity contribution in [2.24, 2.45) is 0 Å². The minimum Gasteiger partial charge on any atom is -0.470 e. The summed E-state index contributed by atoms with van der Waals surface area (Å²) in [5, 5.41) is 0. The van der Waals surface area contributed by atoms with E-state index in [1.807, 2.05) is 12.1 Å². The average Bonchev–Trinajstić information content (AvgIpc) is 2.83. The third-order valence-corrected chi connectivity index (χ3v) is 6.92. The van der Waals surface area contributed by atoms with Crippen LogP contribution in [0.15, 0.2) is 109 Å². The number of sulfone groups is 1. The van der Waals surface area contributed by atoms with E-state index in [4.69, 9.17) is 20.9 Å². The van der Waals surface area contributed by atoms with E-state index < -0.39 is 20.7 Å². The first kappa shape index (κ1) is 22.2. The molecule has 0 bridgehead atoms. The van der Waals surface area contributed by atoms with E-state index in [1.54, 1.807) is 97.1 Å². The quantitative estimate of drug-likeness (QED) is 0.354. The molecule has 0 saturated heterocycles. The molecule has 0 amide bonds. The van der Waals surface area contributed by atoms with Crippen molar-refractivity contribution < 1.29 is 17.9 Å². The molecule has 4 N–H and O–H groups in total. The SMILES string of the molecule is Nc1ccc(C(Oc2ccccc2)S(=O)(=O)C(Oc2ccccc2)c2ccc(N)cc2)cc1. The Kier molecular flexibility index (Phi) is 6.51. The minimum absolute atomic E-state index is 0.415. The van der Waals surface area contributed by atoms with Gasteiger partial charge in [0.15, 0.2) is 0 Å². The average molecular weight is 461 g/mol. The van der Waals surface area contributed by atoms with Crippen LogP contribution in [0.3, 0.4) is 0 Å². The first-order chi connectivity index (χ1) is 15.9. The van der Waals surface area contributed by atoms with Crippen molar-refractivity contribution in [3.63, 3.8) is 0 Å². The Hall–Kier alpha value is -3.97. The molecule has 4 aromatic carbocycles. The normalized spacial score (nSPS) is 13.1. The van der Waals surface area contributed by atoms with Crippen LogP contribution >= 0.6 is 0 Å². The fraction of sp³-hybridized carbons (Fsp3) is 0.0769. The summed E-state index contributed by atoms with van der Waals surface area (Å²) in [5.74, 6) is 0.831. The van der Waals surface area contributed by atoms with E-state index >= 15 is 0 Å². The van der Waals surface area contributed by atoms with E-state index in [0.29, 0.717) is 34.0 Å². The molecule has 0 heterocycles. The third kappa shape index (κ3) is 5.27. The zero-order chi connectivity index (χ0) is 23.3. The summed E-state index contributed by atoms with van der Waals surface area (Å²) in [6.07, 6.45) is 0. The number of nitrogens with two attached hydrogens (primary N) is 2. The number of anilines is 2. The van der Waals surface area contributed by atoms with Crippen LogP contribution in [0.2, 0.25) is 0 Å². The largest absolute Gasteiger partial charge is 0.470 e. The Morgan fingerprint density at radius 1 is 0.515 bits per heavy atom. The Morgan fingerprint density at radius 2 is 0.848 bits per heavy atom. The van der Waals surface area contributed by atoms with Crippen LogP contribution in [0, 0.1) is 0 Å². The third-order valence-electron chi connectivity index (χ3n) is 4.99. The van der Waals surface area contributed by atoms with E-state index in [-0.39, 0.29) is 0 Å². The summed E-state index contributed by atoms with van der Waals surface area (Å²) in [6.45, 7) is 0. The maximum Gasteiger partial charge on any atom is 0.234 e. The Labute approximate surface area is 193 Å². The number of rotatable bonds is 8. The smallest absolute Gasteiger partial charge is 0.234 e. The second-order valence-corrected chi connectivity index (χ2v) is 9.48. The van der Waals surface area contributed by atoms with Crippen molar-refractivity contribution in [3.05, 3.63) is 120 Å². The predicted molar refractivity (Wildman–Crippen MR) is 130 cm³/mol. The molecule has 33 heavy (non-hydrogen) atoms. The lowest BCUT2D eigenvalue weighted by Gasteiger charge is -2.26. The van der Waals surface area contributed by atoms with Crippen molar-refractivity contribution in [2.75, 3.05) is 11.5 Å². The van der Waals surface area contributed by atoms with Gasteiger partial charge in [-0.05, 0) is 48.5 Å². The molecule has 0 aliphatic carbocycles. The van der Waals surface area contributed by atoms with E-state index in [2.05, 4.69) is 0 Å². The molecule has 168 valence electrons. The Balaban J connectivity index is 1.81. The number of hydrogen-bond acceptors (Lipinski definition) is 6. The van der Waals surface area contributed by atoms with Crippen molar-refractivity contribution in [2.45, 2.75) is 10.9 Å². The van der Waals surface area contributed by atoms with Gasteiger partial charge in [-0.15, -0.1) is 0 Å². The number of hydrogen-bond donors (Lipinski definition) is 2. The van der Waals surface area contributed by atoms with E-state index in [1.165, 1.54) is 0 Å². The summed E-state index contributed by atoms with van der Waals surface area (Å²) < 4.78 is 40.3. The zero-order valence-electron chi connectivity index (χ0n) is 17.7. The van der Waals surface area contributed by atoms with Crippen LogP contribution in [-0.4, -0.2) is 8.42 Å². The summed E-state index contributed by atoms with van der Waals surface area (Å²) >= 11 is 0. The zero-order valence-corrected chi connectivity index (χ0v) is 18.6. The number of para-hydroxylation sites is 2. The van der Waals surface area contributed by atoms with Gasteiger partial charge < -0.3 is 20.9 Å². The fourth-order valence-corrected chi connectivity index (χ4v) is 5.10. The van der Waals surface area contributed by atoms with E-state index in [0.717, 1.165) is 0 Å². The highest BCUT2D eigenvalue weighted by atomic mass is 32.2. The lowest BCUT2D eigenvalue weighted by Crippen LogP contribution is -2.28. The molecule has 0 aliphatic rings. The highest BCUT2D eigenvalue weighted by molar-refractivity contribution is 7.91. The second kappa shape index (κ2) is 9.67. The molecule has 2 unspecified atom stereocenters. The molecule has 7 heteroatoms. The number of nitrogen functional groups attached to an aromatic ring is 2. The molecule has 0 spiro atoms. The van der Waals surface area contributed by atoms with Gasteiger partial charge in [0, 0.05) is 22.5 Å². The van der Waals surface area contributed by atoms with Crippen molar-refractivity contribution in [1.82, 2.24) is 0 Å². The number of benzene rings is 4. The summed E-state index contributed by atoms with van der Waals surface area (Å²) in [7, 11) is -4.12. The summed E-state index contributed by atoms with van der Waals surface area (Å²) in [6, 6.07) is 30.7. The van der Waals surface area contributed by atoms with Crippen molar-refractivity contribution >= 4 is 21.2 Å². The van der Waals surface area contributed by atoms with Gasteiger partial charge in [0.25, 0.3) is 0 Å². The molecular formula is C26H24N2O4S. The molecule has 6 nitrogen and oxygen atoms in total. The maximum absolute atomic E-state index is 14.1. The fourth-order valence-electron chi connectivity index (χ4n) is 3.31. The van der Waals surface area contributed by atoms with Crippen LogP contribution < -0.4 is 20.9 Å². The molecule has 0 aromatic heterocycles. The topological polar surface area (TPSA) is 105 Å². The Bertz CT molecular complexity index is 1180. The van der Waals surface area contributed by atoms with Crippen molar-refractivity contribution in [3.8, 4) is 11.5 Å². The summed E-state index contributed by atoms with van der Waals surface area (Å²) in [5.41, 5.74) is 10.9. The highest BCUT2D eigenvalue weighted by Gasteiger charge is 2.40. The van der Waals surface area contributed by atoms with Crippen LogP contribution in [0.1, 0.15) is 22.0 Å². The molecule has 4 aromatic rings. The van der Waals surface area contributed by atoms with Gasteiger partial charge in [-0.3, -0.25) is 0 Å². The molecule has 0 fully saturated rings. The minimum atomic E-state index is -4.12. The first-order valence-electron chi connectivity index (χ1n) is 10.3. The lowest BCUT2D eigenvalue weighted by atomic mass is 10.2. The van der Waals surface area contributed by atoms with Crippen molar-refractivity contribution in [1.29, 1.82) is 0 Å². The molecule has 0 aliphatic heterocycles. The molecule has 4 rings (SSSR count). The molecule has 0 saturated carbocycles. The van der Waals surface area contributed by atoms with Crippen LogP contribution in [0.4, 0.5) is 11.4 Å². The van der Waals surface area contributed by atoms with E-state index in [9.17, 15) is 8.42 Å². The molecule has 0 radical (unpaired) electrons. The monoisotopic (exact) mass is 460 g/mol. The summed E-state index contributed by atoms with van der Waals surface area (Å²) in [4.78, 5) is 0. The Morgan fingerprint density at radius 3 is 1.18 bits per heavy atom. The molecule has 2 atom stereocenters. The van der Waals surface area contributed by atoms with Crippen LogP contribution in [0.25, 0.3) is 0 Å². The highest BCUT2D eigenvalue weighted by Crippen LogP contribution is 2.38. The number of ether oxygens (including phenoxy) is 2. The van der Waals surface area contributed by atoms with Gasteiger partial charge in [0.05, 0.1) is 0 Å².